The zero-order valence-electron chi connectivity index (χ0n) is 4.22. The van der Waals surface area contributed by atoms with Crippen LogP contribution in [0.25, 0.3) is 0 Å². The van der Waals surface area contributed by atoms with Gasteiger partial charge in [0.2, 0.25) is 6.29 Å². The Morgan fingerprint density at radius 2 is 2.14 bits per heavy atom. The Morgan fingerprint density at radius 3 is 2.29 bits per heavy atom. The maximum atomic E-state index is 4.45. The SMILES string of the molecule is CCCC1OOO1. The molecule has 0 aliphatic carbocycles. The zero-order valence-corrected chi connectivity index (χ0v) is 4.22. The van der Waals surface area contributed by atoms with E-state index < -0.39 is 0 Å². The maximum Gasteiger partial charge on any atom is 0.230 e. The Morgan fingerprint density at radius 1 is 1.43 bits per heavy atom. The van der Waals surface area contributed by atoms with Crippen LogP contribution in [-0.4, -0.2) is 6.29 Å². The minimum Gasteiger partial charge on any atom is -0.171 e. The fourth-order valence-corrected chi connectivity index (χ4v) is 0.427. The van der Waals surface area contributed by atoms with Gasteiger partial charge in [-0.1, -0.05) is 18.4 Å². The van der Waals surface area contributed by atoms with E-state index in [0.29, 0.717) is 0 Å². The van der Waals surface area contributed by atoms with Gasteiger partial charge in [-0.3, -0.25) is 0 Å². The molecule has 0 aromatic heterocycles. The first-order valence-electron chi connectivity index (χ1n) is 2.42. The summed E-state index contributed by atoms with van der Waals surface area (Å²) in [5, 5.41) is 3.99. The molecule has 0 amide bonds. The van der Waals surface area contributed by atoms with Gasteiger partial charge in [-0.05, 0) is 0 Å². The third kappa shape index (κ3) is 1.12. The average molecular weight is 104 g/mol. The Bertz CT molecular complexity index is 50.9. The average Bonchev–Trinajstić information content (AvgIpc) is 1.55. The smallest absolute Gasteiger partial charge is 0.171 e. The quantitative estimate of drug-likeness (QED) is 0.489. The van der Waals surface area contributed by atoms with E-state index in [4.69, 9.17) is 0 Å². The summed E-state index contributed by atoms with van der Waals surface area (Å²) in [6.07, 6.45) is 1.89. The highest BCUT2D eigenvalue weighted by molar-refractivity contribution is 4.37. The topological polar surface area (TPSA) is 27.7 Å². The molecule has 1 saturated heterocycles. The van der Waals surface area contributed by atoms with E-state index in [1.54, 1.807) is 0 Å². The lowest BCUT2D eigenvalue weighted by Gasteiger charge is -2.20. The molecule has 0 unspecified atom stereocenters. The summed E-state index contributed by atoms with van der Waals surface area (Å²) < 4.78 is 0. The van der Waals surface area contributed by atoms with Crippen molar-refractivity contribution >= 4 is 0 Å². The van der Waals surface area contributed by atoms with E-state index >= 15 is 0 Å². The summed E-state index contributed by atoms with van der Waals surface area (Å²) in [6.45, 7) is 2.06. The van der Waals surface area contributed by atoms with Crippen molar-refractivity contribution in [3.8, 4) is 0 Å². The lowest BCUT2D eigenvalue weighted by atomic mass is 10.3. The van der Waals surface area contributed by atoms with Crippen LogP contribution in [0.1, 0.15) is 19.8 Å². The lowest BCUT2D eigenvalue weighted by Crippen LogP contribution is -2.27. The molecule has 1 aliphatic rings. The van der Waals surface area contributed by atoms with Crippen LogP contribution in [0.15, 0.2) is 0 Å². The van der Waals surface area contributed by atoms with Gasteiger partial charge in [0.15, 0.2) is 0 Å². The highest BCUT2D eigenvalue weighted by atomic mass is 17.6. The summed E-state index contributed by atoms with van der Waals surface area (Å²) in [4.78, 5) is 8.90. The van der Waals surface area contributed by atoms with Crippen molar-refractivity contribution in [2.75, 3.05) is 0 Å². The summed E-state index contributed by atoms with van der Waals surface area (Å²) >= 11 is 0. The van der Waals surface area contributed by atoms with Crippen LogP contribution in [0.4, 0.5) is 0 Å². The van der Waals surface area contributed by atoms with Crippen LogP contribution in [0, 0.1) is 0 Å². The summed E-state index contributed by atoms with van der Waals surface area (Å²) in [6, 6.07) is 0. The van der Waals surface area contributed by atoms with Gasteiger partial charge < -0.3 is 0 Å². The predicted octanol–water partition coefficient (Wildman–Crippen LogP) is 1.01. The second-order valence-corrected chi connectivity index (χ2v) is 1.48. The molecule has 1 rings (SSSR count). The van der Waals surface area contributed by atoms with Crippen LogP contribution < -0.4 is 0 Å². The first-order valence-corrected chi connectivity index (χ1v) is 2.42. The van der Waals surface area contributed by atoms with Crippen molar-refractivity contribution in [1.82, 2.24) is 0 Å². The van der Waals surface area contributed by atoms with Crippen molar-refractivity contribution in [2.24, 2.45) is 0 Å². The van der Waals surface area contributed by atoms with Gasteiger partial charge in [0.25, 0.3) is 0 Å². The second kappa shape index (κ2) is 2.26. The van der Waals surface area contributed by atoms with Crippen molar-refractivity contribution in [2.45, 2.75) is 26.1 Å². The van der Waals surface area contributed by atoms with E-state index in [9.17, 15) is 0 Å². The third-order valence-corrected chi connectivity index (χ3v) is 0.818. The molecule has 0 bridgehead atoms. The fraction of sp³-hybridized carbons (Fsp3) is 1.00. The standard InChI is InChI=1S/C4H8O3/c1-2-3-4-5-7-6-4/h4H,2-3H2,1H3. The maximum absolute atomic E-state index is 4.45. The molecule has 7 heavy (non-hydrogen) atoms. The highest BCUT2D eigenvalue weighted by Crippen LogP contribution is 2.13. The molecule has 42 valence electrons. The van der Waals surface area contributed by atoms with Crippen LogP contribution >= 0.6 is 0 Å². The predicted molar refractivity (Wildman–Crippen MR) is 22.0 cm³/mol. The minimum atomic E-state index is -0.0926. The first-order chi connectivity index (χ1) is 3.43. The molecule has 0 saturated carbocycles. The molecule has 3 heteroatoms. The van der Waals surface area contributed by atoms with Gasteiger partial charge in [0.1, 0.15) is 0 Å². The van der Waals surface area contributed by atoms with Gasteiger partial charge in [-0.25, -0.2) is 0 Å². The van der Waals surface area contributed by atoms with E-state index in [2.05, 4.69) is 21.7 Å². The Labute approximate surface area is 42.0 Å². The largest absolute Gasteiger partial charge is 0.230 e. The summed E-state index contributed by atoms with van der Waals surface area (Å²) in [5.41, 5.74) is 0. The van der Waals surface area contributed by atoms with Crippen molar-refractivity contribution in [3.05, 3.63) is 0 Å². The van der Waals surface area contributed by atoms with E-state index in [1.165, 1.54) is 0 Å². The molecule has 1 fully saturated rings. The Kier molecular flexibility index (Phi) is 1.62. The molecular weight excluding hydrogens is 96.0 g/mol. The second-order valence-electron chi connectivity index (χ2n) is 1.48. The van der Waals surface area contributed by atoms with Gasteiger partial charge in [0, 0.05) is 6.42 Å². The van der Waals surface area contributed by atoms with E-state index in [1.807, 2.05) is 0 Å². The van der Waals surface area contributed by atoms with Gasteiger partial charge in [-0.2, -0.15) is 9.78 Å². The van der Waals surface area contributed by atoms with Crippen LogP contribution in [0.5, 0.6) is 0 Å². The highest BCUT2D eigenvalue weighted by Gasteiger charge is 2.20. The van der Waals surface area contributed by atoms with Crippen LogP contribution in [0.3, 0.4) is 0 Å². The normalized spacial score (nSPS) is 21.9. The van der Waals surface area contributed by atoms with Gasteiger partial charge >= 0.3 is 0 Å². The summed E-state index contributed by atoms with van der Waals surface area (Å²) in [7, 11) is 0. The summed E-state index contributed by atoms with van der Waals surface area (Å²) in [5.74, 6) is 0. The molecule has 0 atom stereocenters. The molecule has 0 aromatic carbocycles. The monoisotopic (exact) mass is 104 g/mol. The molecule has 1 heterocycles. The van der Waals surface area contributed by atoms with E-state index in [0.717, 1.165) is 12.8 Å². The Balaban J connectivity index is 1.93. The first kappa shape index (κ1) is 5.03. The molecule has 0 radical (unpaired) electrons. The molecule has 0 N–H and O–H groups in total. The molecule has 3 nitrogen and oxygen atoms in total. The molecular formula is C4H8O3. The lowest BCUT2D eigenvalue weighted by molar-refractivity contribution is -0.691. The Hall–Kier alpha value is -0.120. The van der Waals surface area contributed by atoms with Gasteiger partial charge in [-0.15, -0.1) is 0 Å². The molecule has 0 spiro atoms. The van der Waals surface area contributed by atoms with Crippen molar-refractivity contribution in [1.29, 1.82) is 0 Å². The number of hydrogen-bond acceptors (Lipinski definition) is 3. The molecule has 0 aromatic rings. The van der Waals surface area contributed by atoms with Crippen molar-refractivity contribution in [3.63, 3.8) is 0 Å². The fourth-order valence-electron chi connectivity index (χ4n) is 0.427. The van der Waals surface area contributed by atoms with E-state index in [-0.39, 0.29) is 6.29 Å². The zero-order chi connectivity index (χ0) is 5.11. The third-order valence-electron chi connectivity index (χ3n) is 0.818. The van der Waals surface area contributed by atoms with Gasteiger partial charge in [0.05, 0.1) is 0 Å². The van der Waals surface area contributed by atoms with Crippen LogP contribution in [0.2, 0.25) is 0 Å². The number of rotatable bonds is 2. The molecule has 1 aliphatic heterocycles. The van der Waals surface area contributed by atoms with Crippen molar-refractivity contribution < 1.29 is 14.8 Å². The minimum absolute atomic E-state index is 0.0926. The number of hydrogen-bond donors (Lipinski definition) is 0. The van der Waals surface area contributed by atoms with Crippen LogP contribution in [-0.2, 0) is 14.8 Å².